The predicted octanol–water partition coefficient (Wildman–Crippen LogP) is 3.29. The summed E-state index contributed by atoms with van der Waals surface area (Å²) >= 11 is 0. The highest BCUT2D eigenvalue weighted by molar-refractivity contribution is 6.06. The molecular formula is C22H21N3O4. The van der Waals surface area contributed by atoms with Crippen molar-refractivity contribution in [3.05, 3.63) is 88.3 Å². The average molecular weight is 391 g/mol. The zero-order valence-electron chi connectivity index (χ0n) is 16.1. The van der Waals surface area contributed by atoms with E-state index in [4.69, 9.17) is 4.74 Å². The van der Waals surface area contributed by atoms with Gasteiger partial charge in [0.1, 0.15) is 5.75 Å². The third-order valence-corrected chi connectivity index (χ3v) is 4.19. The van der Waals surface area contributed by atoms with Crippen LogP contribution in [0.4, 0.5) is 11.4 Å². The van der Waals surface area contributed by atoms with E-state index in [-0.39, 0.29) is 17.0 Å². The van der Waals surface area contributed by atoms with Crippen LogP contribution in [0.1, 0.15) is 27.6 Å². The maximum Gasteiger partial charge on any atom is 0.255 e. The second kappa shape index (κ2) is 8.88. The van der Waals surface area contributed by atoms with Gasteiger partial charge in [-0.05, 0) is 61.5 Å². The fourth-order valence-electron chi connectivity index (χ4n) is 2.60. The van der Waals surface area contributed by atoms with Crippen LogP contribution < -0.4 is 20.9 Å². The zero-order chi connectivity index (χ0) is 20.8. The second-order valence-electron chi connectivity index (χ2n) is 6.31. The predicted molar refractivity (Wildman–Crippen MR) is 112 cm³/mol. The maximum absolute atomic E-state index is 12.4. The molecule has 7 nitrogen and oxygen atoms in total. The van der Waals surface area contributed by atoms with Crippen molar-refractivity contribution in [1.82, 2.24) is 4.57 Å². The molecule has 2 N–H and O–H groups in total. The lowest BCUT2D eigenvalue weighted by atomic mass is 10.1. The Hall–Kier alpha value is -3.87. The van der Waals surface area contributed by atoms with E-state index in [1.165, 1.54) is 16.8 Å². The molecule has 0 spiro atoms. The third kappa shape index (κ3) is 5.10. The van der Waals surface area contributed by atoms with Crippen LogP contribution in [0, 0.1) is 0 Å². The Kier molecular flexibility index (Phi) is 6.09. The van der Waals surface area contributed by atoms with Crippen molar-refractivity contribution in [2.24, 2.45) is 7.05 Å². The smallest absolute Gasteiger partial charge is 0.255 e. The van der Waals surface area contributed by atoms with Gasteiger partial charge in [-0.15, -0.1) is 0 Å². The molecule has 3 aromatic rings. The summed E-state index contributed by atoms with van der Waals surface area (Å²) in [6.07, 6.45) is 1.53. The summed E-state index contributed by atoms with van der Waals surface area (Å²) in [6, 6.07) is 16.4. The van der Waals surface area contributed by atoms with E-state index < -0.39 is 5.91 Å². The molecule has 0 atom stereocenters. The Morgan fingerprint density at radius 3 is 1.97 bits per heavy atom. The number of aromatic nitrogens is 1. The lowest BCUT2D eigenvalue weighted by Gasteiger charge is -2.09. The van der Waals surface area contributed by atoms with E-state index in [1.807, 2.05) is 6.92 Å². The number of carbonyl (C=O) groups is 2. The second-order valence-corrected chi connectivity index (χ2v) is 6.31. The molecule has 1 aromatic heterocycles. The molecule has 0 saturated carbocycles. The number of carbonyl (C=O) groups excluding carboxylic acids is 2. The van der Waals surface area contributed by atoms with Crippen LogP contribution in [0.15, 0.2) is 71.7 Å². The Morgan fingerprint density at radius 2 is 1.41 bits per heavy atom. The first kappa shape index (κ1) is 19.9. The summed E-state index contributed by atoms with van der Waals surface area (Å²) in [4.78, 5) is 36.3. The number of amides is 2. The standard InChI is InChI=1S/C22H21N3O4/c1-3-29-19-10-8-18(9-11-19)23-21(27)15-4-6-17(7-5-15)24-22(28)16-12-13-25(2)20(26)14-16/h4-14H,3H2,1-2H3,(H,23,27)(H,24,28). The summed E-state index contributed by atoms with van der Waals surface area (Å²) in [5.41, 5.74) is 1.63. The van der Waals surface area contributed by atoms with Gasteiger partial charge in [-0.3, -0.25) is 14.4 Å². The van der Waals surface area contributed by atoms with Crippen molar-refractivity contribution in [2.75, 3.05) is 17.2 Å². The summed E-state index contributed by atoms with van der Waals surface area (Å²) < 4.78 is 6.76. The Morgan fingerprint density at radius 1 is 0.862 bits per heavy atom. The molecule has 2 amide bonds. The van der Waals surface area contributed by atoms with Crippen molar-refractivity contribution in [3.63, 3.8) is 0 Å². The summed E-state index contributed by atoms with van der Waals surface area (Å²) in [6.45, 7) is 2.48. The molecule has 3 rings (SSSR count). The molecule has 0 aliphatic rings. The molecule has 0 aliphatic heterocycles. The van der Waals surface area contributed by atoms with Gasteiger partial charge in [-0.25, -0.2) is 0 Å². The Balaban J connectivity index is 1.62. The number of benzene rings is 2. The normalized spacial score (nSPS) is 10.3. The first-order valence-corrected chi connectivity index (χ1v) is 9.08. The van der Waals surface area contributed by atoms with Crippen LogP contribution in [0.2, 0.25) is 0 Å². The van der Waals surface area contributed by atoms with Gasteiger partial charge in [0.15, 0.2) is 0 Å². The van der Waals surface area contributed by atoms with E-state index in [9.17, 15) is 14.4 Å². The van der Waals surface area contributed by atoms with Crippen LogP contribution in [0.5, 0.6) is 5.75 Å². The minimum absolute atomic E-state index is 0.265. The van der Waals surface area contributed by atoms with Crippen molar-refractivity contribution < 1.29 is 14.3 Å². The fourth-order valence-corrected chi connectivity index (χ4v) is 2.60. The van der Waals surface area contributed by atoms with Gasteiger partial charge in [-0.2, -0.15) is 0 Å². The van der Waals surface area contributed by atoms with Crippen LogP contribution >= 0.6 is 0 Å². The lowest BCUT2D eigenvalue weighted by molar-refractivity contribution is 0.101. The number of pyridine rings is 1. The van der Waals surface area contributed by atoms with Gasteiger partial charge in [0.25, 0.3) is 17.4 Å². The highest BCUT2D eigenvalue weighted by Gasteiger charge is 2.09. The number of nitrogens with zero attached hydrogens (tertiary/aromatic N) is 1. The molecule has 7 heteroatoms. The quantitative estimate of drug-likeness (QED) is 0.675. The largest absolute Gasteiger partial charge is 0.494 e. The number of rotatable bonds is 6. The molecule has 0 radical (unpaired) electrons. The SMILES string of the molecule is CCOc1ccc(NC(=O)c2ccc(NC(=O)c3ccn(C)c(=O)c3)cc2)cc1. The Labute approximate surface area is 167 Å². The van der Waals surface area contributed by atoms with Crippen LogP contribution in [-0.4, -0.2) is 23.0 Å². The molecule has 29 heavy (non-hydrogen) atoms. The number of hydrogen-bond donors (Lipinski definition) is 2. The van der Waals surface area contributed by atoms with E-state index in [0.29, 0.717) is 23.5 Å². The molecule has 0 fully saturated rings. The van der Waals surface area contributed by atoms with E-state index in [1.54, 1.807) is 61.6 Å². The molecule has 0 saturated heterocycles. The van der Waals surface area contributed by atoms with Gasteiger partial charge in [0, 0.05) is 41.8 Å². The number of aryl methyl sites for hydroxylation is 1. The maximum atomic E-state index is 12.4. The Bertz CT molecular complexity index is 1070. The van der Waals surface area contributed by atoms with Crippen molar-refractivity contribution in [2.45, 2.75) is 6.92 Å². The van der Waals surface area contributed by atoms with E-state index in [0.717, 1.165) is 5.75 Å². The summed E-state index contributed by atoms with van der Waals surface area (Å²) in [5, 5.41) is 5.51. The molecule has 0 aliphatic carbocycles. The lowest BCUT2D eigenvalue weighted by Crippen LogP contribution is -2.20. The molecular weight excluding hydrogens is 370 g/mol. The van der Waals surface area contributed by atoms with Gasteiger partial charge in [0.05, 0.1) is 6.61 Å². The molecule has 1 heterocycles. The van der Waals surface area contributed by atoms with Gasteiger partial charge in [0.2, 0.25) is 0 Å². The monoisotopic (exact) mass is 391 g/mol. The number of hydrogen-bond acceptors (Lipinski definition) is 4. The third-order valence-electron chi connectivity index (χ3n) is 4.19. The summed E-state index contributed by atoms with van der Waals surface area (Å²) in [5.74, 6) is 0.0785. The van der Waals surface area contributed by atoms with Gasteiger partial charge < -0.3 is 19.9 Å². The number of nitrogens with one attached hydrogen (secondary N) is 2. The van der Waals surface area contributed by atoms with E-state index >= 15 is 0 Å². The average Bonchev–Trinajstić information content (AvgIpc) is 2.72. The first-order chi connectivity index (χ1) is 14.0. The molecule has 0 bridgehead atoms. The molecule has 0 unspecified atom stereocenters. The molecule has 148 valence electrons. The highest BCUT2D eigenvalue weighted by atomic mass is 16.5. The van der Waals surface area contributed by atoms with Crippen LogP contribution in [0.25, 0.3) is 0 Å². The minimum Gasteiger partial charge on any atom is -0.494 e. The number of anilines is 2. The van der Waals surface area contributed by atoms with Crippen molar-refractivity contribution in [1.29, 1.82) is 0 Å². The van der Waals surface area contributed by atoms with E-state index in [2.05, 4.69) is 10.6 Å². The zero-order valence-corrected chi connectivity index (χ0v) is 16.1. The summed E-state index contributed by atoms with van der Waals surface area (Å²) in [7, 11) is 1.61. The van der Waals surface area contributed by atoms with Crippen molar-refractivity contribution >= 4 is 23.2 Å². The molecule has 2 aromatic carbocycles. The first-order valence-electron chi connectivity index (χ1n) is 9.08. The highest BCUT2D eigenvalue weighted by Crippen LogP contribution is 2.17. The topological polar surface area (TPSA) is 89.4 Å². The number of ether oxygens (including phenoxy) is 1. The van der Waals surface area contributed by atoms with Gasteiger partial charge >= 0.3 is 0 Å². The van der Waals surface area contributed by atoms with Crippen molar-refractivity contribution in [3.8, 4) is 5.75 Å². The minimum atomic E-state index is -0.394. The van der Waals surface area contributed by atoms with Crippen LogP contribution in [0.3, 0.4) is 0 Å². The van der Waals surface area contributed by atoms with Crippen LogP contribution in [-0.2, 0) is 7.05 Å². The van der Waals surface area contributed by atoms with Gasteiger partial charge in [-0.1, -0.05) is 0 Å². The fraction of sp³-hybridized carbons (Fsp3) is 0.136.